The van der Waals surface area contributed by atoms with Crippen LogP contribution in [-0.4, -0.2) is 34.2 Å². The number of hydrogen-bond acceptors (Lipinski definition) is 7. The van der Waals surface area contributed by atoms with Gasteiger partial charge in [0.2, 0.25) is 0 Å². The van der Waals surface area contributed by atoms with Gasteiger partial charge in [0.05, 0.1) is 22.3 Å². The predicted molar refractivity (Wildman–Crippen MR) is 102 cm³/mol. The summed E-state index contributed by atoms with van der Waals surface area (Å²) in [5.41, 5.74) is 2.22. The number of carbonyl (C=O) groups excluding carboxylic acids is 2. The smallest absolute Gasteiger partial charge is 0.339 e. The highest BCUT2D eigenvalue weighted by molar-refractivity contribution is 6.05. The fourth-order valence-electron chi connectivity index (χ4n) is 2.96. The number of ether oxygens (including phenoxy) is 1. The van der Waals surface area contributed by atoms with Crippen LogP contribution in [0.3, 0.4) is 0 Å². The molecule has 8 nitrogen and oxygen atoms in total. The van der Waals surface area contributed by atoms with Crippen molar-refractivity contribution < 1.29 is 23.3 Å². The largest absolute Gasteiger partial charge is 0.466 e. The molecule has 0 radical (unpaired) electrons. The number of nitrogens with zero attached hydrogens (tertiary/aromatic N) is 2. The Labute approximate surface area is 162 Å². The lowest BCUT2D eigenvalue weighted by atomic mass is 10.1. The monoisotopic (exact) mass is 385 g/mol. The summed E-state index contributed by atoms with van der Waals surface area (Å²) in [6.07, 6.45) is -0.945. The minimum Gasteiger partial charge on any atom is -0.466 e. The molecule has 1 amide bonds. The maximum Gasteiger partial charge on any atom is 0.339 e. The number of furan rings is 1. The van der Waals surface area contributed by atoms with Crippen LogP contribution in [-0.2, 0) is 9.53 Å². The molecule has 3 heterocycles. The van der Waals surface area contributed by atoms with Crippen LogP contribution in [0.25, 0.3) is 22.4 Å². The SMILES string of the molecule is Cc1cc(-c2cc(C(=O)OC(C)C(=O)NC(C)C)c3c(C)noc3n2)c(C)o1. The normalized spacial score (nSPS) is 12.4. The van der Waals surface area contributed by atoms with Crippen LogP contribution in [0.5, 0.6) is 0 Å². The lowest BCUT2D eigenvalue weighted by Crippen LogP contribution is -2.39. The van der Waals surface area contributed by atoms with E-state index in [1.165, 1.54) is 6.92 Å². The second-order valence-corrected chi connectivity index (χ2v) is 7.04. The number of nitrogens with one attached hydrogen (secondary N) is 1. The first-order chi connectivity index (χ1) is 13.2. The number of aromatic nitrogens is 2. The van der Waals surface area contributed by atoms with Gasteiger partial charge in [-0.25, -0.2) is 9.78 Å². The van der Waals surface area contributed by atoms with Crippen molar-refractivity contribution in [2.24, 2.45) is 0 Å². The number of rotatable bonds is 5. The molecule has 3 aromatic rings. The predicted octanol–water partition coefficient (Wildman–Crippen LogP) is 3.48. The van der Waals surface area contributed by atoms with E-state index in [4.69, 9.17) is 13.7 Å². The maximum atomic E-state index is 12.9. The van der Waals surface area contributed by atoms with Crippen LogP contribution >= 0.6 is 0 Å². The van der Waals surface area contributed by atoms with Gasteiger partial charge in [0, 0.05) is 11.6 Å². The summed E-state index contributed by atoms with van der Waals surface area (Å²) in [6, 6.07) is 3.39. The zero-order chi connectivity index (χ0) is 20.6. The van der Waals surface area contributed by atoms with Crippen LogP contribution in [0, 0.1) is 20.8 Å². The van der Waals surface area contributed by atoms with Crippen LogP contribution in [0.15, 0.2) is 21.1 Å². The first kappa shape index (κ1) is 19.6. The van der Waals surface area contributed by atoms with Gasteiger partial charge in [-0.05, 0) is 53.7 Å². The first-order valence-corrected chi connectivity index (χ1v) is 9.03. The number of esters is 1. The Bertz CT molecular complexity index is 1050. The molecule has 8 heteroatoms. The zero-order valence-electron chi connectivity index (χ0n) is 16.7. The van der Waals surface area contributed by atoms with E-state index >= 15 is 0 Å². The standard InChI is InChI=1S/C20H23N3O5/c1-9(2)21-18(24)13(6)27-20(25)15-8-16(14-7-10(3)26-12(14)5)22-19-17(15)11(4)23-28-19/h7-9,13H,1-6H3,(H,21,24). The van der Waals surface area contributed by atoms with Gasteiger partial charge in [0.15, 0.2) is 6.10 Å². The Morgan fingerprint density at radius 1 is 1.14 bits per heavy atom. The van der Waals surface area contributed by atoms with Crippen molar-refractivity contribution in [3.05, 3.63) is 34.9 Å². The summed E-state index contributed by atoms with van der Waals surface area (Å²) in [4.78, 5) is 29.4. The topological polar surface area (TPSA) is 107 Å². The Balaban J connectivity index is 2.01. The molecule has 1 unspecified atom stereocenters. The summed E-state index contributed by atoms with van der Waals surface area (Å²) < 4.78 is 16.2. The molecule has 0 fully saturated rings. The molecule has 3 aromatic heterocycles. The van der Waals surface area contributed by atoms with Gasteiger partial charge in [-0.2, -0.15) is 0 Å². The van der Waals surface area contributed by atoms with E-state index in [0.29, 0.717) is 22.5 Å². The third-order valence-electron chi connectivity index (χ3n) is 4.24. The maximum absolute atomic E-state index is 12.9. The van der Waals surface area contributed by atoms with Crippen molar-refractivity contribution in [3.8, 4) is 11.3 Å². The Kier molecular flexibility index (Phi) is 5.22. The highest BCUT2D eigenvalue weighted by Crippen LogP contribution is 2.30. The molecule has 0 bridgehead atoms. The minimum absolute atomic E-state index is 0.0551. The molecule has 0 aromatic carbocycles. The average molecular weight is 385 g/mol. The molecule has 0 saturated carbocycles. The molecule has 0 saturated heterocycles. The summed E-state index contributed by atoms with van der Waals surface area (Å²) in [7, 11) is 0. The van der Waals surface area contributed by atoms with E-state index in [-0.39, 0.29) is 23.2 Å². The summed E-state index contributed by atoms with van der Waals surface area (Å²) in [5.74, 6) is 0.386. The quantitative estimate of drug-likeness (QED) is 0.670. The van der Waals surface area contributed by atoms with Gasteiger partial charge >= 0.3 is 5.97 Å². The molecule has 3 rings (SSSR count). The Morgan fingerprint density at radius 2 is 1.86 bits per heavy atom. The lowest BCUT2D eigenvalue weighted by Gasteiger charge is -2.15. The summed E-state index contributed by atoms with van der Waals surface area (Å²) in [5, 5.41) is 7.09. The van der Waals surface area contributed by atoms with E-state index in [1.54, 1.807) is 13.0 Å². The second-order valence-electron chi connectivity index (χ2n) is 7.04. The fraction of sp³-hybridized carbons (Fsp3) is 0.400. The molecular weight excluding hydrogens is 362 g/mol. The number of carbonyl (C=O) groups is 2. The van der Waals surface area contributed by atoms with Crippen molar-refractivity contribution in [1.82, 2.24) is 15.5 Å². The minimum atomic E-state index is -0.945. The van der Waals surface area contributed by atoms with E-state index in [1.807, 2.05) is 33.8 Å². The van der Waals surface area contributed by atoms with Crippen molar-refractivity contribution in [2.75, 3.05) is 0 Å². The molecule has 28 heavy (non-hydrogen) atoms. The van der Waals surface area contributed by atoms with Crippen LogP contribution < -0.4 is 5.32 Å². The third kappa shape index (κ3) is 3.76. The van der Waals surface area contributed by atoms with Crippen molar-refractivity contribution in [1.29, 1.82) is 0 Å². The second kappa shape index (κ2) is 7.46. The Hall–Kier alpha value is -3.16. The average Bonchev–Trinajstić information content (AvgIpc) is 3.15. The number of hydrogen-bond donors (Lipinski definition) is 1. The number of fused-ring (bicyclic) bond motifs is 1. The van der Waals surface area contributed by atoms with Crippen LogP contribution in [0.2, 0.25) is 0 Å². The number of amides is 1. The van der Waals surface area contributed by atoms with Gasteiger partial charge in [-0.1, -0.05) is 5.16 Å². The molecule has 0 aliphatic heterocycles. The van der Waals surface area contributed by atoms with Gasteiger partial charge < -0.3 is 19.0 Å². The Morgan fingerprint density at radius 3 is 2.46 bits per heavy atom. The molecule has 0 spiro atoms. The van der Waals surface area contributed by atoms with Gasteiger partial charge in [-0.3, -0.25) is 4.79 Å². The highest BCUT2D eigenvalue weighted by Gasteiger charge is 2.25. The number of aryl methyl sites for hydroxylation is 3. The van der Waals surface area contributed by atoms with E-state index < -0.39 is 12.1 Å². The molecule has 1 N–H and O–H groups in total. The molecule has 0 aliphatic carbocycles. The van der Waals surface area contributed by atoms with E-state index in [2.05, 4.69) is 15.5 Å². The van der Waals surface area contributed by atoms with Gasteiger partial charge in [-0.15, -0.1) is 0 Å². The molecule has 148 valence electrons. The summed E-state index contributed by atoms with van der Waals surface area (Å²) in [6.45, 7) is 10.6. The summed E-state index contributed by atoms with van der Waals surface area (Å²) >= 11 is 0. The highest BCUT2D eigenvalue weighted by atomic mass is 16.5. The molecule has 1 atom stereocenters. The van der Waals surface area contributed by atoms with Crippen molar-refractivity contribution in [3.63, 3.8) is 0 Å². The van der Waals surface area contributed by atoms with E-state index in [9.17, 15) is 9.59 Å². The fourth-order valence-corrected chi connectivity index (χ4v) is 2.96. The van der Waals surface area contributed by atoms with E-state index in [0.717, 1.165) is 11.3 Å². The lowest BCUT2D eigenvalue weighted by molar-refractivity contribution is -0.129. The van der Waals surface area contributed by atoms with Crippen LogP contribution in [0.1, 0.15) is 48.3 Å². The van der Waals surface area contributed by atoms with Crippen LogP contribution in [0.4, 0.5) is 0 Å². The molecular formula is C20H23N3O5. The van der Waals surface area contributed by atoms with Crippen molar-refractivity contribution in [2.45, 2.75) is 53.7 Å². The zero-order valence-corrected chi connectivity index (χ0v) is 16.7. The van der Waals surface area contributed by atoms with Gasteiger partial charge in [0.25, 0.3) is 11.6 Å². The van der Waals surface area contributed by atoms with Crippen molar-refractivity contribution >= 4 is 23.0 Å². The third-order valence-corrected chi connectivity index (χ3v) is 4.24. The first-order valence-electron chi connectivity index (χ1n) is 9.03. The number of pyridine rings is 1. The van der Waals surface area contributed by atoms with Gasteiger partial charge in [0.1, 0.15) is 11.5 Å². The molecule has 0 aliphatic rings.